The van der Waals surface area contributed by atoms with Gasteiger partial charge in [-0.05, 0) is 12.8 Å². The highest BCUT2D eigenvalue weighted by Crippen LogP contribution is 2.26. The molecule has 142 valence electrons. The van der Waals surface area contributed by atoms with E-state index >= 15 is 0 Å². The molecule has 0 aromatic heterocycles. The Morgan fingerprint density at radius 2 is 1.75 bits per heavy atom. The second kappa shape index (κ2) is 13.8. The fourth-order valence-electron chi connectivity index (χ4n) is 3.23. The lowest BCUT2D eigenvalue weighted by Gasteiger charge is -2.26. The number of rotatable bonds is 8. The number of ketones is 1. The average molecular weight is 343 g/mol. The van der Waals surface area contributed by atoms with Gasteiger partial charge in [-0.2, -0.15) is 0 Å². The summed E-state index contributed by atoms with van der Waals surface area (Å²) in [6.07, 6.45) is 6.17. The Morgan fingerprint density at radius 3 is 2.33 bits per heavy atom. The molecule has 0 aromatic rings. The minimum Gasteiger partial charge on any atom is -0.382 e. The number of hydrogen-bond acceptors (Lipinski definition) is 5. The van der Waals surface area contributed by atoms with Crippen LogP contribution in [0, 0.1) is 11.8 Å². The van der Waals surface area contributed by atoms with E-state index in [0.29, 0.717) is 24.9 Å². The topological polar surface area (TPSA) is 50.8 Å². The number of carbonyl (C=O) groups is 1. The zero-order valence-electron chi connectivity index (χ0n) is 16.0. The van der Waals surface area contributed by atoms with Crippen molar-refractivity contribution in [2.45, 2.75) is 46.0 Å². The van der Waals surface area contributed by atoms with Crippen LogP contribution in [0.2, 0.25) is 0 Å². The number of Topliss-reactive ketones (excluding diaryl/α,β-unsaturated/α-hetero) is 1. The highest BCUT2D eigenvalue weighted by molar-refractivity contribution is 5.82. The van der Waals surface area contributed by atoms with Gasteiger partial charge in [-0.25, -0.2) is 0 Å². The van der Waals surface area contributed by atoms with Crippen molar-refractivity contribution in [3.05, 3.63) is 0 Å². The molecule has 0 atom stereocenters. The van der Waals surface area contributed by atoms with Crippen molar-refractivity contribution in [2.24, 2.45) is 11.8 Å². The van der Waals surface area contributed by atoms with Gasteiger partial charge in [0.1, 0.15) is 5.78 Å². The number of ether oxygens (including phenoxy) is 2. The highest BCUT2D eigenvalue weighted by Gasteiger charge is 2.22. The normalized spacial score (nSPS) is 19.8. The van der Waals surface area contributed by atoms with Crippen molar-refractivity contribution in [1.29, 1.82) is 0 Å². The summed E-state index contributed by atoms with van der Waals surface area (Å²) in [4.78, 5) is 13.9. The third-order valence-electron chi connectivity index (χ3n) is 4.77. The molecule has 0 radical (unpaired) electrons. The summed E-state index contributed by atoms with van der Waals surface area (Å²) in [5, 5.41) is 3.32. The Bertz CT molecular complexity index is 312. The van der Waals surface area contributed by atoms with E-state index in [2.05, 4.69) is 10.2 Å². The van der Waals surface area contributed by atoms with Crippen molar-refractivity contribution in [2.75, 3.05) is 59.7 Å². The second-order valence-corrected chi connectivity index (χ2v) is 7.09. The molecule has 2 aliphatic rings. The molecule has 0 bridgehead atoms. The first kappa shape index (κ1) is 21.6. The van der Waals surface area contributed by atoms with E-state index in [1.54, 1.807) is 7.11 Å². The van der Waals surface area contributed by atoms with Crippen molar-refractivity contribution in [3.63, 3.8) is 0 Å². The van der Waals surface area contributed by atoms with Crippen LogP contribution in [0.4, 0.5) is 0 Å². The van der Waals surface area contributed by atoms with E-state index in [-0.39, 0.29) is 5.92 Å². The summed E-state index contributed by atoms with van der Waals surface area (Å²) in [7, 11) is 1.69. The molecule has 1 aliphatic heterocycles. The highest BCUT2D eigenvalue weighted by atomic mass is 16.5. The monoisotopic (exact) mass is 342 g/mol. The third-order valence-corrected chi connectivity index (χ3v) is 4.77. The SMILES string of the molecule is CC(C)C(=O)C1CCCCC1.COCCOCCN1CCNCC1. The lowest BCUT2D eigenvalue weighted by Crippen LogP contribution is -2.44. The summed E-state index contributed by atoms with van der Waals surface area (Å²) in [6.45, 7) is 11.8. The van der Waals surface area contributed by atoms with Crippen LogP contribution >= 0.6 is 0 Å². The summed E-state index contributed by atoms with van der Waals surface area (Å²) in [5.74, 6) is 1.14. The third kappa shape index (κ3) is 9.72. The number of hydrogen-bond donors (Lipinski definition) is 1. The first-order valence-corrected chi connectivity index (χ1v) is 9.68. The lowest BCUT2D eigenvalue weighted by atomic mass is 9.83. The number of nitrogens with zero attached hydrogens (tertiary/aromatic N) is 1. The van der Waals surface area contributed by atoms with Gasteiger partial charge in [0, 0.05) is 51.7 Å². The van der Waals surface area contributed by atoms with Crippen molar-refractivity contribution in [1.82, 2.24) is 10.2 Å². The molecule has 1 N–H and O–H groups in total. The van der Waals surface area contributed by atoms with E-state index < -0.39 is 0 Å². The molecular weight excluding hydrogens is 304 g/mol. The van der Waals surface area contributed by atoms with E-state index in [9.17, 15) is 4.79 Å². The maximum Gasteiger partial charge on any atom is 0.138 e. The second-order valence-electron chi connectivity index (χ2n) is 7.09. The Kier molecular flexibility index (Phi) is 12.4. The molecule has 0 amide bonds. The van der Waals surface area contributed by atoms with Crippen LogP contribution in [0.15, 0.2) is 0 Å². The van der Waals surface area contributed by atoms with Crippen molar-refractivity contribution in [3.8, 4) is 0 Å². The minimum atomic E-state index is 0.248. The van der Waals surface area contributed by atoms with Gasteiger partial charge in [0.25, 0.3) is 0 Å². The molecule has 1 heterocycles. The van der Waals surface area contributed by atoms with Crippen LogP contribution in [0.3, 0.4) is 0 Å². The fraction of sp³-hybridized carbons (Fsp3) is 0.947. The largest absolute Gasteiger partial charge is 0.382 e. The molecule has 24 heavy (non-hydrogen) atoms. The molecule has 2 rings (SSSR count). The van der Waals surface area contributed by atoms with E-state index in [1.807, 2.05) is 13.8 Å². The van der Waals surface area contributed by atoms with Gasteiger partial charge in [0.15, 0.2) is 0 Å². The number of carbonyl (C=O) groups excluding carboxylic acids is 1. The molecule has 0 spiro atoms. The Balaban J connectivity index is 0.000000243. The van der Waals surface area contributed by atoms with E-state index in [0.717, 1.165) is 52.2 Å². The maximum atomic E-state index is 11.5. The van der Waals surface area contributed by atoms with Gasteiger partial charge in [0.05, 0.1) is 19.8 Å². The molecule has 5 nitrogen and oxygen atoms in total. The van der Waals surface area contributed by atoms with Crippen LogP contribution in [-0.2, 0) is 14.3 Å². The molecule has 1 aliphatic carbocycles. The summed E-state index contributed by atoms with van der Waals surface area (Å²) in [5.41, 5.74) is 0. The Morgan fingerprint density at radius 1 is 1.08 bits per heavy atom. The van der Waals surface area contributed by atoms with Crippen molar-refractivity contribution >= 4 is 5.78 Å². The maximum absolute atomic E-state index is 11.5. The van der Waals surface area contributed by atoms with Crippen LogP contribution < -0.4 is 5.32 Å². The molecule has 2 fully saturated rings. The zero-order valence-corrected chi connectivity index (χ0v) is 16.0. The number of piperazine rings is 1. The standard InChI is InChI=1S/C10H18O.C9H20N2O2/c1-8(2)10(11)9-6-4-3-5-7-9;1-12-8-9-13-7-6-11-4-2-10-3-5-11/h8-9H,3-7H2,1-2H3;10H,2-9H2,1H3. The summed E-state index contributed by atoms with van der Waals surface area (Å²) >= 11 is 0. The summed E-state index contributed by atoms with van der Waals surface area (Å²) in [6, 6.07) is 0. The predicted molar refractivity (Wildman–Crippen MR) is 98.4 cm³/mol. The van der Waals surface area contributed by atoms with E-state index in [1.165, 1.54) is 19.3 Å². The average Bonchev–Trinajstić information content (AvgIpc) is 2.63. The molecular formula is C19H38N2O3. The van der Waals surface area contributed by atoms with Gasteiger partial charge in [-0.3, -0.25) is 9.69 Å². The molecule has 5 heteroatoms. The smallest absolute Gasteiger partial charge is 0.138 e. The van der Waals surface area contributed by atoms with Crippen LogP contribution in [0.1, 0.15) is 46.0 Å². The van der Waals surface area contributed by atoms with Crippen molar-refractivity contribution < 1.29 is 14.3 Å². The lowest BCUT2D eigenvalue weighted by molar-refractivity contribution is -0.126. The first-order chi connectivity index (χ1) is 11.6. The Hall–Kier alpha value is -0.490. The minimum absolute atomic E-state index is 0.248. The molecule has 1 saturated carbocycles. The molecule has 0 unspecified atom stereocenters. The predicted octanol–water partition coefficient (Wildman–Crippen LogP) is 2.35. The van der Waals surface area contributed by atoms with E-state index in [4.69, 9.17) is 9.47 Å². The van der Waals surface area contributed by atoms with Gasteiger partial charge in [0.2, 0.25) is 0 Å². The quantitative estimate of drug-likeness (QED) is 0.686. The first-order valence-electron chi connectivity index (χ1n) is 9.68. The number of nitrogens with one attached hydrogen (secondary N) is 1. The zero-order chi connectivity index (χ0) is 17.6. The van der Waals surface area contributed by atoms with Gasteiger partial charge >= 0.3 is 0 Å². The Labute approximate surface area is 148 Å². The van der Waals surface area contributed by atoms with Gasteiger partial charge < -0.3 is 14.8 Å². The van der Waals surface area contributed by atoms with Crippen LogP contribution in [-0.4, -0.2) is 70.3 Å². The van der Waals surface area contributed by atoms with Gasteiger partial charge in [-0.1, -0.05) is 33.1 Å². The summed E-state index contributed by atoms with van der Waals surface area (Å²) < 4.78 is 10.3. The van der Waals surface area contributed by atoms with Gasteiger partial charge in [-0.15, -0.1) is 0 Å². The fourth-order valence-corrected chi connectivity index (χ4v) is 3.23. The van der Waals surface area contributed by atoms with Crippen LogP contribution in [0.25, 0.3) is 0 Å². The molecule has 1 saturated heterocycles. The number of methoxy groups -OCH3 is 1. The van der Waals surface area contributed by atoms with Crippen LogP contribution in [0.5, 0.6) is 0 Å². The molecule has 0 aromatic carbocycles.